The highest BCUT2D eigenvalue weighted by Crippen LogP contribution is 2.44. The normalized spacial score (nSPS) is 20.4. The Morgan fingerprint density at radius 3 is 2.66 bits per heavy atom. The van der Waals surface area contributed by atoms with Gasteiger partial charge in [0.05, 0.1) is 29.2 Å². The fourth-order valence-electron chi connectivity index (χ4n) is 4.32. The van der Waals surface area contributed by atoms with Gasteiger partial charge in [-0.25, -0.2) is 0 Å². The Kier molecular flexibility index (Phi) is 6.33. The number of aromatic nitrogens is 2. The lowest BCUT2D eigenvalue weighted by Crippen LogP contribution is -2.19. The van der Waals surface area contributed by atoms with E-state index in [0.29, 0.717) is 23.7 Å². The van der Waals surface area contributed by atoms with Crippen LogP contribution >= 0.6 is 11.8 Å². The second-order valence-electron chi connectivity index (χ2n) is 7.84. The van der Waals surface area contributed by atoms with Gasteiger partial charge in [0.1, 0.15) is 11.6 Å². The molecule has 0 spiro atoms. The first-order chi connectivity index (χ1) is 14.2. The van der Waals surface area contributed by atoms with E-state index in [2.05, 4.69) is 17.3 Å². The molecule has 156 valence electrons. The quantitative estimate of drug-likeness (QED) is 0.698. The van der Waals surface area contributed by atoms with Crippen molar-refractivity contribution in [1.82, 2.24) is 9.78 Å². The van der Waals surface area contributed by atoms with Crippen LogP contribution in [0.5, 0.6) is 5.75 Å². The maximum absolute atomic E-state index is 13.1. The van der Waals surface area contributed by atoms with Crippen LogP contribution in [0.2, 0.25) is 0 Å². The number of thioether (sulfide) groups is 1. The maximum Gasteiger partial charge on any atom is 0.270 e. The Morgan fingerprint density at radius 1 is 1.14 bits per heavy atom. The topological polar surface area (TPSA) is 76.1 Å². The number of H-pyrrole nitrogens is 1. The van der Waals surface area contributed by atoms with E-state index in [9.17, 15) is 9.59 Å². The number of benzene rings is 1. The minimum atomic E-state index is -0.243. The van der Waals surface area contributed by atoms with Gasteiger partial charge < -0.3 is 10.1 Å². The Hall–Kier alpha value is -2.15. The molecular formula is C22H29N3O3S. The molecule has 2 aromatic rings. The highest BCUT2D eigenvalue weighted by molar-refractivity contribution is 8.00. The van der Waals surface area contributed by atoms with Crippen LogP contribution in [0.25, 0.3) is 0 Å². The summed E-state index contributed by atoms with van der Waals surface area (Å²) in [6, 6.07) is 8.09. The molecular weight excluding hydrogens is 386 g/mol. The molecule has 2 aliphatic rings. The number of aromatic amines is 1. The van der Waals surface area contributed by atoms with Crippen LogP contribution < -0.4 is 15.6 Å². The van der Waals surface area contributed by atoms with Crippen molar-refractivity contribution >= 4 is 23.5 Å². The molecule has 0 saturated heterocycles. The van der Waals surface area contributed by atoms with Crippen LogP contribution in [0.15, 0.2) is 29.1 Å². The molecule has 0 unspecified atom stereocenters. The number of para-hydroxylation sites is 1. The van der Waals surface area contributed by atoms with E-state index in [1.54, 1.807) is 0 Å². The molecule has 1 fully saturated rings. The van der Waals surface area contributed by atoms with E-state index in [1.807, 2.05) is 28.9 Å². The van der Waals surface area contributed by atoms with Gasteiger partial charge in [-0.2, -0.15) is 0 Å². The standard InChI is InChI=1S/C22H29N3O3S/c1-2-13-28-17-12-8-7-11-16(17)20-19-21(23-18(26)14-29-20)25(24-22(19)27)15-9-5-3-4-6-10-15/h7-8,11-12,15,20H,2-6,9-10,13-14H2,1H3,(H,23,26)(H,24,27)/t20-/m0/s1. The van der Waals surface area contributed by atoms with Crippen molar-refractivity contribution in [3.8, 4) is 5.75 Å². The van der Waals surface area contributed by atoms with Crippen molar-refractivity contribution < 1.29 is 9.53 Å². The molecule has 0 radical (unpaired) electrons. The zero-order chi connectivity index (χ0) is 20.2. The zero-order valence-electron chi connectivity index (χ0n) is 16.9. The number of fused-ring (bicyclic) bond motifs is 1. The zero-order valence-corrected chi connectivity index (χ0v) is 17.7. The average Bonchev–Trinajstić information content (AvgIpc) is 2.93. The first kappa shape index (κ1) is 20.1. The van der Waals surface area contributed by atoms with Crippen molar-refractivity contribution in [2.45, 2.75) is 63.2 Å². The molecule has 1 saturated carbocycles. The number of amides is 1. The van der Waals surface area contributed by atoms with E-state index in [4.69, 9.17) is 4.74 Å². The summed E-state index contributed by atoms with van der Waals surface area (Å²) in [5.74, 6) is 1.68. The van der Waals surface area contributed by atoms with Crippen molar-refractivity contribution in [1.29, 1.82) is 0 Å². The summed E-state index contributed by atoms with van der Waals surface area (Å²) < 4.78 is 7.90. The fourth-order valence-corrected chi connectivity index (χ4v) is 5.47. The minimum Gasteiger partial charge on any atom is -0.493 e. The SMILES string of the molecule is CCCOc1ccccc1[C@@H]1SCC(=O)Nc2c1c(=O)[nH]n2C1CCCCCC1. The van der Waals surface area contributed by atoms with Gasteiger partial charge in [-0.05, 0) is 25.3 Å². The van der Waals surface area contributed by atoms with Crippen LogP contribution in [0.4, 0.5) is 5.82 Å². The van der Waals surface area contributed by atoms with E-state index in [0.717, 1.165) is 43.4 Å². The lowest BCUT2D eigenvalue weighted by atomic mass is 10.0. The Bertz CT molecular complexity index is 912. The summed E-state index contributed by atoms with van der Waals surface area (Å²) in [6.07, 6.45) is 7.74. The summed E-state index contributed by atoms with van der Waals surface area (Å²) in [4.78, 5) is 25.6. The number of rotatable bonds is 5. The van der Waals surface area contributed by atoms with Crippen LogP contribution in [-0.4, -0.2) is 28.0 Å². The molecule has 1 aliphatic heterocycles. The predicted molar refractivity (Wildman–Crippen MR) is 117 cm³/mol. The lowest BCUT2D eigenvalue weighted by molar-refractivity contribution is -0.113. The maximum atomic E-state index is 13.1. The van der Waals surface area contributed by atoms with Gasteiger partial charge in [0.25, 0.3) is 5.56 Å². The third-order valence-corrected chi connectivity index (χ3v) is 6.97. The van der Waals surface area contributed by atoms with E-state index in [-0.39, 0.29) is 22.8 Å². The summed E-state index contributed by atoms with van der Waals surface area (Å²) in [7, 11) is 0. The first-order valence-corrected chi connectivity index (χ1v) is 11.7. The van der Waals surface area contributed by atoms with Crippen LogP contribution in [0.3, 0.4) is 0 Å². The molecule has 1 aliphatic carbocycles. The van der Waals surface area contributed by atoms with Gasteiger partial charge in [-0.3, -0.25) is 19.4 Å². The molecule has 1 amide bonds. The number of hydrogen-bond acceptors (Lipinski definition) is 4. The number of anilines is 1. The molecule has 7 heteroatoms. The molecule has 6 nitrogen and oxygen atoms in total. The van der Waals surface area contributed by atoms with Crippen LogP contribution in [0, 0.1) is 0 Å². The number of carbonyl (C=O) groups excluding carboxylic acids is 1. The number of hydrogen-bond donors (Lipinski definition) is 2. The van der Waals surface area contributed by atoms with Crippen LogP contribution in [0.1, 0.15) is 74.3 Å². The molecule has 1 aromatic carbocycles. The first-order valence-electron chi connectivity index (χ1n) is 10.7. The number of nitrogens with zero attached hydrogens (tertiary/aromatic N) is 1. The molecule has 1 aromatic heterocycles. The molecule has 1 atom stereocenters. The second kappa shape index (κ2) is 9.11. The number of carbonyl (C=O) groups is 1. The second-order valence-corrected chi connectivity index (χ2v) is 8.94. The van der Waals surface area contributed by atoms with Gasteiger partial charge in [0.2, 0.25) is 5.91 Å². The molecule has 2 N–H and O–H groups in total. The lowest BCUT2D eigenvalue weighted by Gasteiger charge is -2.20. The number of nitrogens with one attached hydrogen (secondary N) is 2. The van der Waals surface area contributed by atoms with Crippen molar-refractivity contribution in [2.24, 2.45) is 0 Å². The van der Waals surface area contributed by atoms with Crippen molar-refractivity contribution in [3.05, 3.63) is 45.7 Å². The molecule has 0 bridgehead atoms. The van der Waals surface area contributed by atoms with E-state index in [1.165, 1.54) is 24.6 Å². The van der Waals surface area contributed by atoms with E-state index < -0.39 is 0 Å². The van der Waals surface area contributed by atoms with Gasteiger partial charge in [-0.15, -0.1) is 11.8 Å². The van der Waals surface area contributed by atoms with Gasteiger partial charge in [0, 0.05) is 5.56 Å². The highest BCUT2D eigenvalue weighted by Gasteiger charge is 2.33. The van der Waals surface area contributed by atoms with Gasteiger partial charge in [-0.1, -0.05) is 50.8 Å². The Balaban J connectivity index is 1.78. The largest absolute Gasteiger partial charge is 0.493 e. The number of ether oxygens (including phenoxy) is 1. The summed E-state index contributed by atoms with van der Waals surface area (Å²) >= 11 is 1.49. The average molecular weight is 416 g/mol. The molecule has 29 heavy (non-hydrogen) atoms. The van der Waals surface area contributed by atoms with Crippen molar-refractivity contribution in [2.75, 3.05) is 17.7 Å². The van der Waals surface area contributed by atoms with Crippen molar-refractivity contribution in [3.63, 3.8) is 0 Å². The third-order valence-electron chi connectivity index (χ3n) is 5.72. The highest BCUT2D eigenvalue weighted by atomic mass is 32.2. The van der Waals surface area contributed by atoms with Crippen LogP contribution in [-0.2, 0) is 4.79 Å². The Morgan fingerprint density at radius 2 is 1.90 bits per heavy atom. The fraction of sp³-hybridized carbons (Fsp3) is 0.545. The smallest absolute Gasteiger partial charge is 0.270 e. The molecule has 2 heterocycles. The minimum absolute atomic E-state index is 0.0629. The summed E-state index contributed by atoms with van der Waals surface area (Å²) in [5.41, 5.74) is 1.47. The van der Waals surface area contributed by atoms with E-state index >= 15 is 0 Å². The van der Waals surface area contributed by atoms with Gasteiger partial charge in [0.15, 0.2) is 0 Å². The third kappa shape index (κ3) is 4.25. The summed E-state index contributed by atoms with van der Waals surface area (Å²) in [6.45, 7) is 2.69. The summed E-state index contributed by atoms with van der Waals surface area (Å²) in [5, 5.41) is 5.84. The predicted octanol–water partition coefficient (Wildman–Crippen LogP) is 4.64. The Labute approximate surface area is 175 Å². The molecule has 4 rings (SSSR count). The van der Waals surface area contributed by atoms with Gasteiger partial charge >= 0.3 is 0 Å². The monoisotopic (exact) mass is 415 g/mol.